The van der Waals surface area contributed by atoms with Crippen LogP contribution in [0.15, 0.2) is 36.7 Å². The van der Waals surface area contributed by atoms with Crippen molar-refractivity contribution in [3.8, 4) is 0 Å². The van der Waals surface area contributed by atoms with E-state index in [0.29, 0.717) is 55.5 Å². The van der Waals surface area contributed by atoms with E-state index in [0.717, 1.165) is 0 Å². The van der Waals surface area contributed by atoms with Gasteiger partial charge in [-0.3, -0.25) is 9.59 Å². The van der Waals surface area contributed by atoms with Crippen LogP contribution in [0.4, 0.5) is 36.4 Å². The maximum atomic E-state index is 13.8. The number of hydrogen-bond acceptors (Lipinski definition) is 6. The normalized spacial score (nSPS) is 17.0. The number of rotatable bonds is 8. The number of carbonyl (C=O) groups excluding carboxylic acids is 2. The third-order valence-electron chi connectivity index (χ3n) is 8.75. The molecule has 2 aromatic carbocycles. The number of benzene rings is 2. The van der Waals surface area contributed by atoms with E-state index < -0.39 is 23.4 Å². The zero-order chi connectivity index (χ0) is 35.1. The number of imidazole rings is 2. The van der Waals surface area contributed by atoms with Crippen molar-refractivity contribution in [1.29, 1.82) is 0 Å². The van der Waals surface area contributed by atoms with Crippen LogP contribution >= 0.6 is 23.2 Å². The molecule has 1 fully saturated rings. The van der Waals surface area contributed by atoms with Gasteiger partial charge in [-0.15, -0.1) is 0 Å². The van der Waals surface area contributed by atoms with Crippen molar-refractivity contribution in [2.45, 2.75) is 65.2 Å². The predicted molar refractivity (Wildman–Crippen MR) is 182 cm³/mol. The van der Waals surface area contributed by atoms with Crippen LogP contribution in [-0.2, 0) is 25.4 Å². The van der Waals surface area contributed by atoms with E-state index in [1.165, 1.54) is 0 Å². The molecule has 15 heteroatoms. The topological polar surface area (TPSA) is 109 Å². The second-order valence-electron chi connectivity index (χ2n) is 13.3. The van der Waals surface area contributed by atoms with Crippen molar-refractivity contribution in [2.75, 3.05) is 17.3 Å². The van der Waals surface area contributed by atoms with Gasteiger partial charge < -0.3 is 30.0 Å². The second kappa shape index (κ2) is 13.5. The molecule has 0 atom stereocenters. The highest BCUT2D eigenvalue weighted by Crippen LogP contribution is 2.39. The standard InChI is InChI=1S/C33H39Cl2F3N8O2/c1-32(2,3)29(48)40-17-18-7-12-22(34)27(26(18)35)43-30-42-23-15-21(28(47)41-20-10-8-19(9-11-20)33(36,37)38)24(16-25(23)45(30)5)46(6)31-39-13-14-44(31)4/h7,12-16,19-20H,8-11,17H2,1-6H3,(H,40,48)(H,41,47)(H,42,43). The Morgan fingerprint density at radius 3 is 2.35 bits per heavy atom. The Morgan fingerprint density at radius 2 is 1.75 bits per heavy atom. The summed E-state index contributed by atoms with van der Waals surface area (Å²) in [7, 11) is 5.42. The van der Waals surface area contributed by atoms with E-state index in [4.69, 9.17) is 28.2 Å². The highest BCUT2D eigenvalue weighted by atomic mass is 35.5. The van der Waals surface area contributed by atoms with Crippen LogP contribution in [0.25, 0.3) is 11.0 Å². The maximum Gasteiger partial charge on any atom is 0.391 e. The number of nitrogens with one attached hydrogen (secondary N) is 3. The predicted octanol–water partition coefficient (Wildman–Crippen LogP) is 7.64. The molecule has 0 unspecified atom stereocenters. The third-order valence-corrected chi connectivity index (χ3v) is 9.50. The number of nitrogens with zero attached hydrogens (tertiary/aromatic N) is 5. The number of aromatic nitrogens is 4. The third kappa shape index (κ3) is 7.36. The van der Waals surface area contributed by atoms with E-state index in [1.54, 1.807) is 58.7 Å². The van der Waals surface area contributed by atoms with Gasteiger partial charge in [0.15, 0.2) is 0 Å². The molecule has 10 nitrogen and oxygen atoms in total. The minimum absolute atomic E-state index is 0.0297. The smallest absolute Gasteiger partial charge is 0.352 e. The summed E-state index contributed by atoms with van der Waals surface area (Å²) in [5.41, 5.74) is 2.47. The molecule has 0 bridgehead atoms. The SMILES string of the molecule is CN(c1cc2c(cc1C(=O)NC1CCC(C(F)(F)F)CC1)nc(Nc1c(Cl)ccc(CNC(=O)C(C)(C)C)c1Cl)n2C)c1nccn1C. The molecule has 0 radical (unpaired) electrons. The molecule has 5 rings (SSSR count). The van der Waals surface area contributed by atoms with Gasteiger partial charge in [0.25, 0.3) is 5.91 Å². The van der Waals surface area contributed by atoms with E-state index in [-0.39, 0.29) is 44.2 Å². The zero-order valence-corrected chi connectivity index (χ0v) is 29.1. The highest BCUT2D eigenvalue weighted by Gasteiger charge is 2.41. The molecule has 48 heavy (non-hydrogen) atoms. The Labute approximate surface area is 287 Å². The van der Waals surface area contributed by atoms with Crippen molar-refractivity contribution in [3.05, 3.63) is 57.8 Å². The van der Waals surface area contributed by atoms with Crippen molar-refractivity contribution < 1.29 is 22.8 Å². The van der Waals surface area contributed by atoms with Crippen molar-refractivity contribution in [1.82, 2.24) is 29.7 Å². The molecule has 0 spiro atoms. The van der Waals surface area contributed by atoms with Crippen LogP contribution < -0.4 is 20.9 Å². The molecule has 0 saturated heterocycles. The first-order chi connectivity index (χ1) is 22.5. The molecule has 258 valence electrons. The molecule has 1 aliphatic rings. The molecule has 1 aliphatic carbocycles. The van der Waals surface area contributed by atoms with Gasteiger partial charge in [-0.25, -0.2) is 9.97 Å². The molecular weight excluding hydrogens is 668 g/mol. The fourth-order valence-electron chi connectivity index (χ4n) is 5.81. The van der Waals surface area contributed by atoms with Gasteiger partial charge in [0.05, 0.1) is 43.9 Å². The average Bonchev–Trinajstić information content (AvgIpc) is 3.58. The minimum atomic E-state index is -4.24. The summed E-state index contributed by atoms with van der Waals surface area (Å²) < 4.78 is 43.3. The number of alkyl halides is 3. The average molecular weight is 708 g/mol. The Hall–Kier alpha value is -3.97. The number of aryl methyl sites for hydroxylation is 2. The van der Waals surface area contributed by atoms with Crippen LogP contribution in [-0.4, -0.2) is 50.2 Å². The van der Waals surface area contributed by atoms with Crippen LogP contribution in [0.1, 0.15) is 62.4 Å². The van der Waals surface area contributed by atoms with Gasteiger partial charge in [-0.1, -0.05) is 50.0 Å². The summed E-state index contributed by atoms with van der Waals surface area (Å²) in [6.45, 7) is 5.66. The molecular formula is C33H39Cl2F3N8O2. The van der Waals surface area contributed by atoms with E-state index in [2.05, 4.69) is 20.9 Å². The lowest BCUT2D eigenvalue weighted by Crippen LogP contribution is -2.40. The van der Waals surface area contributed by atoms with Crippen LogP contribution in [0.3, 0.4) is 0 Å². The van der Waals surface area contributed by atoms with Gasteiger partial charge in [-0.05, 0) is 49.4 Å². The lowest BCUT2D eigenvalue weighted by atomic mass is 9.85. The van der Waals surface area contributed by atoms with Gasteiger partial charge in [-0.2, -0.15) is 13.2 Å². The van der Waals surface area contributed by atoms with Crippen LogP contribution in [0.2, 0.25) is 10.0 Å². The Bertz CT molecular complexity index is 1840. The van der Waals surface area contributed by atoms with E-state index in [1.807, 2.05) is 33.9 Å². The number of carbonyl (C=O) groups is 2. The highest BCUT2D eigenvalue weighted by molar-refractivity contribution is 6.39. The van der Waals surface area contributed by atoms with E-state index in [9.17, 15) is 22.8 Å². The number of fused-ring (bicyclic) bond motifs is 1. The van der Waals surface area contributed by atoms with Gasteiger partial charge >= 0.3 is 6.18 Å². The number of halogens is 5. The molecule has 2 amide bonds. The van der Waals surface area contributed by atoms with Crippen molar-refractivity contribution >= 4 is 69.3 Å². The lowest BCUT2D eigenvalue weighted by molar-refractivity contribution is -0.182. The largest absolute Gasteiger partial charge is 0.391 e. The fraction of sp³-hybridized carbons (Fsp3) is 0.455. The van der Waals surface area contributed by atoms with E-state index >= 15 is 0 Å². The first kappa shape index (κ1) is 35.3. The molecule has 0 aliphatic heterocycles. The maximum absolute atomic E-state index is 13.8. The molecule has 2 heterocycles. The molecule has 2 aromatic heterocycles. The number of amides is 2. The summed E-state index contributed by atoms with van der Waals surface area (Å²) in [5.74, 6) is -0.934. The first-order valence-electron chi connectivity index (χ1n) is 15.6. The number of anilines is 4. The summed E-state index contributed by atoms with van der Waals surface area (Å²) in [4.78, 5) is 37.2. The summed E-state index contributed by atoms with van der Waals surface area (Å²) in [6.07, 6.45) is -0.394. The second-order valence-corrected chi connectivity index (χ2v) is 14.1. The Kier molecular flexibility index (Phi) is 9.94. The fourth-order valence-corrected chi connectivity index (χ4v) is 6.35. The Morgan fingerprint density at radius 1 is 1.06 bits per heavy atom. The monoisotopic (exact) mass is 706 g/mol. The lowest BCUT2D eigenvalue weighted by Gasteiger charge is -2.30. The minimum Gasteiger partial charge on any atom is -0.352 e. The summed E-state index contributed by atoms with van der Waals surface area (Å²) in [5, 5.41) is 9.74. The first-order valence-corrected chi connectivity index (χ1v) is 16.3. The van der Waals surface area contributed by atoms with Gasteiger partial charge in [0.1, 0.15) is 0 Å². The Balaban J connectivity index is 1.48. The van der Waals surface area contributed by atoms with Crippen molar-refractivity contribution in [3.63, 3.8) is 0 Å². The number of hydrogen-bond donors (Lipinski definition) is 3. The van der Waals surface area contributed by atoms with Crippen LogP contribution in [0, 0.1) is 11.3 Å². The molecule has 3 N–H and O–H groups in total. The zero-order valence-electron chi connectivity index (χ0n) is 27.6. The van der Waals surface area contributed by atoms with Gasteiger partial charge in [0.2, 0.25) is 17.8 Å². The molecule has 1 saturated carbocycles. The molecule has 4 aromatic rings. The quantitative estimate of drug-likeness (QED) is 0.174. The van der Waals surface area contributed by atoms with Crippen LogP contribution in [0.5, 0.6) is 0 Å². The summed E-state index contributed by atoms with van der Waals surface area (Å²) >= 11 is 13.3. The van der Waals surface area contributed by atoms with Gasteiger partial charge in [0, 0.05) is 51.5 Å². The van der Waals surface area contributed by atoms with Crippen molar-refractivity contribution in [2.24, 2.45) is 25.4 Å². The summed E-state index contributed by atoms with van der Waals surface area (Å²) in [6, 6.07) is 6.52.